The smallest absolute Gasteiger partial charge is 0.352 e. The van der Waals surface area contributed by atoms with Crippen molar-refractivity contribution in [3.05, 3.63) is 0 Å². The molecule has 0 aromatic carbocycles. The van der Waals surface area contributed by atoms with Crippen molar-refractivity contribution in [2.24, 2.45) is 11.5 Å². The Balaban J connectivity index is 3.63. The molecule has 0 aliphatic heterocycles. The molecule has 0 saturated heterocycles. The van der Waals surface area contributed by atoms with Crippen LogP contribution in [-0.4, -0.2) is 37.6 Å². The first-order valence-corrected chi connectivity index (χ1v) is 9.15. The van der Waals surface area contributed by atoms with E-state index in [1.807, 2.05) is 0 Å². The minimum Gasteiger partial charge on any atom is -0.352 e. The third kappa shape index (κ3) is 7.23. The zero-order chi connectivity index (χ0) is 11.2. The molecule has 6 nitrogen and oxygen atoms in total. The van der Waals surface area contributed by atoms with Gasteiger partial charge in [-0.15, -0.1) is 0 Å². The molecule has 14 heavy (non-hydrogen) atoms. The van der Waals surface area contributed by atoms with E-state index < -0.39 is 21.2 Å². The van der Waals surface area contributed by atoms with E-state index in [0.717, 1.165) is 5.92 Å². The molecule has 0 heterocycles. The molecular formula is C4H13N2O4P2S2+. The van der Waals surface area contributed by atoms with E-state index in [0.29, 0.717) is 0 Å². The van der Waals surface area contributed by atoms with Gasteiger partial charge in [-0.3, -0.25) is 5.73 Å². The topological polar surface area (TPSA) is 130 Å². The van der Waals surface area contributed by atoms with Crippen LogP contribution in [0.15, 0.2) is 0 Å². The van der Waals surface area contributed by atoms with Crippen LogP contribution in [0.25, 0.3) is 0 Å². The highest BCUT2D eigenvalue weighted by Gasteiger charge is 2.23. The lowest BCUT2D eigenvalue weighted by atomic mass is 10.8. The summed E-state index contributed by atoms with van der Waals surface area (Å²) in [5.74, 6) is 0.378. The zero-order valence-corrected chi connectivity index (χ0v) is 10.6. The summed E-state index contributed by atoms with van der Waals surface area (Å²) in [5.41, 5.74) is 10.4. The van der Waals surface area contributed by atoms with E-state index in [1.165, 1.54) is 21.6 Å². The van der Waals surface area contributed by atoms with Gasteiger partial charge in [-0.2, -0.15) is 4.89 Å². The molecule has 0 aliphatic carbocycles. The van der Waals surface area contributed by atoms with Crippen molar-refractivity contribution in [3.63, 3.8) is 0 Å². The number of hydrogen-bond acceptors (Lipinski definition) is 6. The fourth-order valence-electron chi connectivity index (χ4n) is 0.339. The van der Waals surface area contributed by atoms with Gasteiger partial charge in [0.15, 0.2) is 0 Å². The van der Waals surface area contributed by atoms with E-state index in [4.69, 9.17) is 26.1 Å². The Bertz CT molecular complexity index is 245. The molecule has 7 N–H and O–H groups in total. The monoisotopic (exact) mass is 279 g/mol. The second-order valence-corrected chi connectivity index (χ2v) is 8.73. The Morgan fingerprint density at radius 2 is 2.07 bits per heavy atom. The summed E-state index contributed by atoms with van der Waals surface area (Å²) in [7, 11) is -3.08. The van der Waals surface area contributed by atoms with Crippen molar-refractivity contribution in [3.8, 4) is 0 Å². The van der Waals surface area contributed by atoms with Gasteiger partial charge in [0.2, 0.25) is 5.78 Å². The first-order chi connectivity index (χ1) is 6.39. The van der Waals surface area contributed by atoms with Crippen LogP contribution in [0.4, 0.5) is 0 Å². The Morgan fingerprint density at radius 3 is 2.50 bits per heavy atom. The predicted octanol–water partition coefficient (Wildman–Crippen LogP) is -0.105. The van der Waals surface area contributed by atoms with Gasteiger partial charge in [-0.05, 0) is 4.57 Å². The third-order valence-electron chi connectivity index (χ3n) is 1.09. The highest BCUT2D eigenvalue weighted by Crippen LogP contribution is 2.43. The van der Waals surface area contributed by atoms with Gasteiger partial charge in [0, 0.05) is 5.92 Å². The van der Waals surface area contributed by atoms with Crippen LogP contribution in [0.2, 0.25) is 0 Å². The molecule has 0 aromatic heterocycles. The summed E-state index contributed by atoms with van der Waals surface area (Å²) in [6.45, 7) is 0. The van der Waals surface area contributed by atoms with Crippen molar-refractivity contribution in [2.75, 3.05) is 11.2 Å². The quantitative estimate of drug-likeness (QED) is 0.259. The van der Waals surface area contributed by atoms with Gasteiger partial charge in [0.05, 0.1) is 11.2 Å². The third-order valence-corrected chi connectivity index (χ3v) is 7.02. The molecule has 2 unspecified atom stereocenters. The molecule has 0 spiro atoms. The van der Waals surface area contributed by atoms with Crippen molar-refractivity contribution >= 4 is 42.9 Å². The molecule has 0 bridgehead atoms. The molecule has 0 aromatic rings. The Labute approximate surface area is 90.9 Å². The number of nitrogens with two attached hydrogens (primary N) is 2. The first kappa shape index (κ1) is 14.9. The largest absolute Gasteiger partial charge is 0.525 e. The SMILES string of the molecule is NC=P(O)(O)CSSCC(N)[P+](=O)O. The molecule has 0 fully saturated rings. The molecule has 2 atom stereocenters. The molecule has 0 amide bonds. The Hall–Kier alpha value is 0.900. The average Bonchev–Trinajstić information content (AvgIpc) is 2.12. The highest BCUT2D eigenvalue weighted by molar-refractivity contribution is 8.77. The standard InChI is InChI=1S/C4H12N2O4P2S2/c5-2-12(9,10)3-14-13-1-4(6)11(7)8/h2,4H,1,3,5-6H2,(H2-,7,8,9,10)/p+1. The Morgan fingerprint density at radius 1 is 1.50 bits per heavy atom. The summed E-state index contributed by atoms with van der Waals surface area (Å²) in [4.78, 5) is 26.8. The van der Waals surface area contributed by atoms with Crippen LogP contribution in [0, 0.1) is 0 Å². The summed E-state index contributed by atoms with van der Waals surface area (Å²) in [6, 6.07) is 0. The van der Waals surface area contributed by atoms with Gasteiger partial charge >= 0.3 is 8.03 Å². The van der Waals surface area contributed by atoms with E-state index in [9.17, 15) is 4.57 Å². The van der Waals surface area contributed by atoms with Gasteiger partial charge < -0.3 is 15.5 Å². The molecular weight excluding hydrogens is 266 g/mol. The van der Waals surface area contributed by atoms with Crippen molar-refractivity contribution in [1.82, 2.24) is 0 Å². The second-order valence-electron chi connectivity index (χ2n) is 2.34. The van der Waals surface area contributed by atoms with Crippen LogP contribution in [0.1, 0.15) is 0 Å². The lowest BCUT2D eigenvalue weighted by molar-refractivity contribution is 0.483. The van der Waals surface area contributed by atoms with Crippen LogP contribution >= 0.6 is 37.0 Å². The van der Waals surface area contributed by atoms with Crippen molar-refractivity contribution < 1.29 is 19.2 Å². The van der Waals surface area contributed by atoms with Crippen molar-refractivity contribution in [2.45, 2.75) is 5.78 Å². The minimum atomic E-state index is -3.09. The molecule has 84 valence electrons. The van der Waals surface area contributed by atoms with Crippen molar-refractivity contribution in [1.29, 1.82) is 0 Å². The summed E-state index contributed by atoms with van der Waals surface area (Å²) < 4.78 is 10.4. The van der Waals surface area contributed by atoms with E-state index in [-0.39, 0.29) is 11.2 Å². The Kier molecular flexibility index (Phi) is 7.68. The fraction of sp³-hybridized carbons (Fsp3) is 0.750. The maximum absolute atomic E-state index is 10.4. The van der Waals surface area contributed by atoms with E-state index in [1.54, 1.807) is 0 Å². The van der Waals surface area contributed by atoms with Gasteiger partial charge in [0.1, 0.15) is 7.34 Å². The van der Waals surface area contributed by atoms with E-state index in [2.05, 4.69) is 0 Å². The lowest BCUT2D eigenvalue weighted by Gasteiger charge is -2.09. The zero-order valence-electron chi connectivity index (χ0n) is 7.18. The van der Waals surface area contributed by atoms with Gasteiger partial charge in [0.25, 0.3) is 0 Å². The number of rotatable bonds is 6. The maximum Gasteiger partial charge on any atom is 0.525 e. The first-order valence-electron chi connectivity index (χ1n) is 3.43. The molecule has 10 heteroatoms. The summed E-state index contributed by atoms with van der Waals surface area (Å²) in [6.07, 6.45) is 0. The maximum atomic E-state index is 10.4. The van der Waals surface area contributed by atoms with E-state index >= 15 is 0 Å². The van der Waals surface area contributed by atoms with Crippen LogP contribution in [0.3, 0.4) is 0 Å². The summed E-state index contributed by atoms with van der Waals surface area (Å²) >= 11 is 0. The minimum absolute atomic E-state index is 0.0864. The molecule has 0 saturated carbocycles. The lowest BCUT2D eigenvalue weighted by Crippen LogP contribution is -2.17. The fourth-order valence-corrected chi connectivity index (χ4v) is 5.67. The predicted molar refractivity (Wildman–Crippen MR) is 64.3 cm³/mol. The highest BCUT2D eigenvalue weighted by atomic mass is 33.1. The van der Waals surface area contributed by atoms with Crippen LogP contribution in [0.5, 0.6) is 0 Å². The molecule has 0 radical (unpaired) electrons. The van der Waals surface area contributed by atoms with Gasteiger partial charge in [-0.25, -0.2) is 0 Å². The second kappa shape index (κ2) is 7.22. The average molecular weight is 279 g/mol. The van der Waals surface area contributed by atoms with Gasteiger partial charge in [-0.1, -0.05) is 21.6 Å². The number of hydrogen-bond donors (Lipinski definition) is 5. The molecule has 0 aliphatic rings. The summed E-state index contributed by atoms with van der Waals surface area (Å²) in [5, 5.41) is 0. The molecule has 0 rings (SSSR count). The van der Waals surface area contributed by atoms with Crippen LogP contribution in [-0.2, 0) is 4.57 Å². The normalized spacial score (nSPS) is 15.1. The van der Waals surface area contributed by atoms with Crippen LogP contribution < -0.4 is 11.5 Å².